The molecule has 5 rings (SSSR count). The van der Waals surface area contributed by atoms with E-state index in [-0.39, 0.29) is 42.2 Å². The third kappa shape index (κ3) is 5.24. The molecular formula is C31H35N3O5. The van der Waals surface area contributed by atoms with Crippen LogP contribution in [-0.4, -0.2) is 42.5 Å². The van der Waals surface area contributed by atoms with E-state index in [4.69, 9.17) is 13.9 Å². The zero-order chi connectivity index (χ0) is 27.7. The number of methoxy groups -OCH3 is 2. The number of hydrogen-bond acceptors (Lipinski definition) is 5. The first kappa shape index (κ1) is 26.4. The summed E-state index contributed by atoms with van der Waals surface area (Å²) in [5.74, 6) is 1.72. The third-order valence-corrected chi connectivity index (χ3v) is 8.00. The van der Waals surface area contributed by atoms with Gasteiger partial charge in [0.15, 0.2) is 0 Å². The Bertz CT molecular complexity index is 1490. The number of benzene rings is 2. The van der Waals surface area contributed by atoms with Crippen molar-refractivity contribution in [2.24, 2.45) is 11.3 Å². The highest BCUT2D eigenvalue weighted by atomic mass is 16.5. The number of aryl methyl sites for hydroxylation is 1. The van der Waals surface area contributed by atoms with Gasteiger partial charge in [0.25, 0.3) is 0 Å². The van der Waals surface area contributed by atoms with Crippen LogP contribution in [0.1, 0.15) is 43.2 Å². The number of carbonyl (C=O) groups is 2. The maximum Gasteiger partial charge on any atom is 0.244 e. The number of para-hydroxylation sites is 1. The molecule has 1 fully saturated rings. The minimum Gasteiger partial charge on any atom is -0.497 e. The minimum absolute atomic E-state index is 0.0412. The lowest BCUT2D eigenvalue weighted by Crippen LogP contribution is -2.37. The molecule has 0 bridgehead atoms. The van der Waals surface area contributed by atoms with Crippen molar-refractivity contribution in [2.45, 2.75) is 39.7 Å². The van der Waals surface area contributed by atoms with Gasteiger partial charge in [-0.3, -0.25) is 9.59 Å². The van der Waals surface area contributed by atoms with Gasteiger partial charge in [-0.25, -0.2) is 0 Å². The normalized spacial score (nSPS) is 17.6. The van der Waals surface area contributed by atoms with Crippen LogP contribution < -0.4 is 14.8 Å². The fourth-order valence-electron chi connectivity index (χ4n) is 5.80. The van der Waals surface area contributed by atoms with Crippen molar-refractivity contribution < 1.29 is 23.5 Å². The van der Waals surface area contributed by atoms with Crippen molar-refractivity contribution in [3.8, 4) is 11.5 Å². The van der Waals surface area contributed by atoms with Gasteiger partial charge in [0.2, 0.25) is 11.8 Å². The van der Waals surface area contributed by atoms with Crippen LogP contribution in [0.2, 0.25) is 0 Å². The number of rotatable bonds is 10. The maximum absolute atomic E-state index is 13.7. The fraction of sp³-hybridized carbons (Fsp3) is 0.355. The standard InChI is InChI=1S/C31H35N3O5/c1-19-29(22-10-6-7-11-24(22)32-19)30-23(31(30,2)3)16-28(36)34(17-21-9-8-14-39-21)18-27(35)33-25-13-12-20(37-4)15-26(25)38-5/h6-15,23,30,32H,16-18H2,1-5H3,(H,33,35)/t23-,30-/m1/s1. The Kier molecular flexibility index (Phi) is 7.12. The first-order valence-electron chi connectivity index (χ1n) is 13.1. The molecule has 0 aliphatic heterocycles. The molecular weight excluding hydrogens is 494 g/mol. The zero-order valence-electron chi connectivity index (χ0n) is 23.0. The molecule has 2 aromatic heterocycles. The van der Waals surface area contributed by atoms with Crippen molar-refractivity contribution in [1.82, 2.24) is 9.88 Å². The van der Waals surface area contributed by atoms with Crippen LogP contribution in [0.15, 0.2) is 65.3 Å². The molecule has 2 heterocycles. The molecule has 2 aromatic carbocycles. The van der Waals surface area contributed by atoms with Crippen LogP contribution in [0.4, 0.5) is 5.69 Å². The number of carbonyl (C=O) groups excluding carboxylic acids is 2. The van der Waals surface area contributed by atoms with Gasteiger partial charge in [-0.15, -0.1) is 0 Å². The van der Waals surface area contributed by atoms with Crippen molar-refractivity contribution in [2.75, 3.05) is 26.1 Å². The highest BCUT2D eigenvalue weighted by Gasteiger charge is 2.59. The van der Waals surface area contributed by atoms with E-state index in [9.17, 15) is 9.59 Å². The Hall–Kier alpha value is -4.20. The maximum atomic E-state index is 13.7. The van der Waals surface area contributed by atoms with E-state index >= 15 is 0 Å². The van der Waals surface area contributed by atoms with E-state index in [2.05, 4.69) is 49.3 Å². The summed E-state index contributed by atoms with van der Waals surface area (Å²) in [7, 11) is 3.09. The van der Waals surface area contributed by atoms with Crippen LogP contribution >= 0.6 is 0 Å². The van der Waals surface area contributed by atoms with Gasteiger partial charge in [0.05, 0.1) is 32.7 Å². The molecule has 8 heteroatoms. The summed E-state index contributed by atoms with van der Waals surface area (Å²) in [5.41, 5.74) is 4.01. The Morgan fingerprint density at radius 2 is 1.87 bits per heavy atom. The van der Waals surface area contributed by atoms with E-state index in [1.54, 1.807) is 42.5 Å². The Morgan fingerprint density at radius 3 is 2.59 bits per heavy atom. The number of nitrogens with one attached hydrogen (secondary N) is 2. The zero-order valence-corrected chi connectivity index (χ0v) is 23.0. The highest BCUT2D eigenvalue weighted by molar-refractivity contribution is 5.96. The molecule has 1 aliphatic carbocycles. The fourth-order valence-corrected chi connectivity index (χ4v) is 5.80. The van der Waals surface area contributed by atoms with Crippen molar-refractivity contribution in [1.29, 1.82) is 0 Å². The number of ether oxygens (including phenoxy) is 2. The van der Waals surface area contributed by atoms with Crippen LogP contribution in [0.5, 0.6) is 11.5 Å². The second-order valence-corrected chi connectivity index (χ2v) is 10.8. The second kappa shape index (κ2) is 10.5. The Morgan fingerprint density at radius 1 is 1.08 bits per heavy atom. The first-order chi connectivity index (χ1) is 18.7. The van der Waals surface area contributed by atoms with Crippen LogP contribution in [0.3, 0.4) is 0 Å². The number of amides is 2. The smallest absolute Gasteiger partial charge is 0.244 e. The first-order valence-corrected chi connectivity index (χ1v) is 13.1. The molecule has 0 saturated heterocycles. The summed E-state index contributed by atoms with van der Waals surface area (Å²) in [6.07, 6.45) is 1.91. The average molecular weight is 530 g/mol. The van der Waals surface area contributed by atoms with E-state index in [1.165, 1.54) is 18.1 Å². The number of aromatic amines is 1. The summed E-state index contributed by atoms with van der Waals surface area (Å²) >= 11 is 0. The van der Waals surface area contributed by atoms with Crippen LogP contribution in [0, 0.1) is 18.3 Å². The molecule has 204 valence electrons. The van der Waals surface area contributed by atoms with Gasteiger partial charge in [-0.1, -0.05) is 32.0 Å². The van der Waals surface area contributed by atoms with Gasteiger partial charge >= 0.3 is 0 Å². The lowest BCUT2D eigenvalue weighted by molar-refractivity contribution is -0.136. The molecule has 2 amide bonds. The molecule has 1 aliphatic rings. The molecule has 0 spiro atoms. The number of fused-ring (bicyclic) bond motifs is 1. The van der Waals surface area contributed by atoms with Crippen molar-refractivity contribution in [3.63, 3.8) is 0 Å². The number of anilines is 1. The molecule has 39 heavy (non-hydrogen) atoms. The predicted molar refractivity (Wildman–Crippen MR) is 150 cm³/mol. The second-order valence-electron chi connectivity index (χ2n) is 10.8. The molecule has 4 aromatic rings. The lowest BCUT2D eigenvalue weighted by Gasteiger charge is -2.22. The summed E-state index contributed by atoms with van der Waals surface area (Å²) < 4.78 is 16.2. The van der Waals surface area contributed by atoms with E-state index in [1.807, 2.05) is 12.1 Å². The predicted octanol–water partition coefficient (Wildman–Crippen LogP) is 5.88. The summed E-state index contributed by atoms with van der Waals surface area (Å²) in [6, 6.07) is 17.1. The van der Waals surface area contributed by atoms with Gasteiger partial charge in [-0.05, 0) is 60.1 Å². The van der Waals surface area contributed by atoms with E-state index in [0.29, 0.717) is 29.4 Å². The SMILES string of the molecule is COc1ccc(NC(=O)CN(Cc2ccco2)C(=O)C[C@@H]2[C@H](c3c(C)[nH]c4ccccc34)C2(C)C)c(OC)c1. The molecule has 2 atom stereocenters. The average Bonchev–Trinajstić information content (AvgIpc) is 3.29. The molecule has 2 N–H and O–H groups in total. The third-order valence-electron chi connectivity index (χ3n) is 8.00. The number of aromatic nitrogens is 1. The summed E-state index contributed by atoms with van der Waals surface area (Å²) in [5, 5.41) is 4.08. The van der Waals surface area contributed by atoms with Crippen LogP contribution in [0.25, 0.3) is 10.9 Å². The van der Waals surface area contributed by atoms with E-state index in [0.717, 1.165) is 11.2 Å². The number of H-pyrrole nitrogens is 1. The number of hydrogen-bond donors (Lipinski definition) is 2. The highest BCUT2D eigenvalue weighted by Crippen LogP contribution is 2.67. The van der Waals surface area contributed by atoms with Gasteiger partial charge in [0.1, 0.15) is 23.8 Å². The van der Waals surface area contributed by atoms with Crippen molar-refractivity contribution >= 4 is 28.4 Å². The molecule has 0 radical (unpaired) electrons. The lowest BCUT2D eigenvalue weighted by atomic mass is 10.0. The molecule has 8 nitrogen and oxygen atoms in total. The number of nitrogens with zero attached hydrogens (tertiary/aromatic N) is 1. The summed E-state index contributed by atoms with van der Waals surface area (Å²) in [4.78, 5) is 31.9. The van der Waals surface area contributed by atoms with Gasteiger partial charge in [0, 0.05) is 29.1 Å². The Labute approximate surface area is 228 Å². The Balaban J connectivity index is 1.33. The van der Waals surface area contributed by atoms with Crippen LogP contribution in [-0.2, 0) is 16.1 Å². The quantitative estimate of drug-likeness (QED) is 0.267. The molecule has 1 saturated carbocycles. The van der Waals surface area contributed by atoms with Crippen molar-refractivity contribution in [3.05, 3.63) is 77.9 Å². The topological polar surface area (TPSA) is 96.8 Å². The number of furan rings is 1. The summed E-state index contributed by atoms with van der Waals surface area (Å²) in [6.45, 7) is 6.64. The monoisotopic (exact) mass is 529 g/mol. The molecule has 0 unspecified atom stereocenters. The van der Waals surface area contributed by atoms with E-state index < -0.39 is 0 Å². The van der Waals surface area contributed by atoms with Gasteiger partial charge < -0.3 is 29.1 Å². The minimum atomic E-state index is -0.322. The van der Waals surface area contributed by atoms with Gasteiger partial charge in [-0.2, -0.15) is 0 Å². The largest absolute Gasteiger partial charge is 0.497 e.